The van der Waals surface area contributed by atoms with Crippen LogP contribution >= 0.6 is 0 Å². The zero-order valence-electron chi connectivity index (χ0n) is 16.3. The van der Waals surface area contributed by atoms with Gasteiger partial charge in [0.05, 0.1) is 7.11 Å². The van der Waals surface area contributed by atoms with E-state index >= 15 is 0 Å². The highest BCUT2D eigenvalue weighted by Crippen LogP contribution is 2.26. The van der Waals surface area contributed by atoms with Gasteiger partial charge in [-0.05, 0) is 24.3 Å². The molecule has 1 aliphatic rings. The normalized spacial score (nSPS) is 13.8. The highest BCUT2D eigenvalue weighted by atomic mass is 16.5. The highest BCUT2D eigenvalue weighted by Gasteiger charge is 2.19. The smallest absolute Gasteiger partial charge is 0.209 e. The molecule has 1 fully saturated rings. The minimum Gasteiger partial charge on any atom is -0.497 e. The van der Waals surface area contributed by atoms with E-state index in [-0.39, 0.29) is 0 Å². The molecule has 4 rings (SSSR count). The average molecular weight is 389 g/mol. The molecule has 1 amide bonds. The quantitative estimate of drug-likeness (QED) is 0.653. The first kappa shape index (κ1) is 18.7. The Morgan fingerprint density at radius 1 is 0.966 bits per heavy atom. The second-order valence-corrected chi connectivity index (χ2v) is 6.78. The zero-order chi connectivity index (χ0) is 20.1. The van der Waals surface area contributed by atoms with Gasteiger partial charge in [0.1, 0.15) is 17.4 Å². The number of nitrogens with one attached hydrogen (secondary N) is 1. The van der Waals surface area contributed by atoms with Gasteiger partial charge in [0.15, 0.2) is 5.82 Å². The summed E-state index contributed by atoms with van der Waals surface area (Å²) in [5, 5.41) is 3.36. The minimum absolute atomic E-state index is 0.664. The Labute approximate surface area is 170 Å². The second kappa shape index (κ2) is 8.60. The van der Waals surface area contributed by atoms with Gasteiger partial charge in [-0.25, -0.2) is 9.97 Å². The molecular formula is C22H23N5O2. The van der Waals surface area contributed by atoms with E-state index in [9.17, 15) is 4.79 Å². The van der Waals surface area contributed by atoms with Crippen LogP contribution in [0.5, 0.6) is 5.75 Å². The lowest BCUT2D eigenvalue weighted by Crippen LogP contribution is -2.46. The van der Waals surface area contributed by atoms with Crippen LogP contribution in [0.3, 0.4) is 0 Å². The lowest BCUT2D eigenvalue weighted by molar-refractivity contribution is -0.118. The standard InChI is InChI=1S/C22H23N5O2/c1-29-19-9-7-18(8-10-19)23-20-15-21(27-13-11-26(16-28)12-14-27)25-22(24-20)17-5-3-2-4-6-17/h2-10,15-16H,11-14H2,1H3,(H,23,24,25). The number of benzene rings is 2. The van der Waals surface area contributed by atoms with Gasteiger partial charge in [-0.2, -0.15) is 0 Å². The summed E-state index contributed by atoms with van der Waals surface area (Å²) in [7, 11) is 1.65. The number of anilines is 3. The van der Waals surface area contributed by atoms with Crippen LogP contribution in [0.1, 0.15) is 0 Å². The topological polar surface area (TPSA) is 70.6 Å². The molecule has 0 spiro atoms. The molecule has 1 N–H and O–H groups in total. The molecular weight excluding hydrogens is 366 g/mol. The number of amides is 1. The molecule has 1 aromatic heterocycles. The molecule has 0 bridgehead atoms. The first-order valence-corrected chi connectivity index (χ1v) is 9.55. The van der Waals surface area contributed by atoms with Crippen molar-refractivity contribution in [2.24, 2.45) is 0 Å². The van der Waals surface area contributed by atoms with Crippen LogP contribution in [0.4, 0.5) is 17.3 Å². The third-order valence-corrected chi connectivity index (χ3v) is 4.89. The van der Waals surface area contributed by atoms with E-state index < -0.39 is 0 Å². The number of piperazine rings is 1. The first-order valence-electron chi connectivity index (χ1n) is 9.55. The van der Waals surface area contributed by atoms with Crippen LogP contribution in [0.25, 0.3) is 11.4 Å². The first-order chi connectivity index (χ1) is 14.2. The van der Waals surface area contributed by atoms with Crippen molar-refractivity contribution in [1.29, 1.82) is 0 Å². The van der Waals surface area contributed by atoms with Gasteiger partial charge in [-0.3, -0.25) is 4.79 Å². The van der Waals surface area contributed by atoms with E-state index in [0.29, 0.717) is 18.9 Å². The average Bonchev–Trinajstić information content (AvgIpc) is 2.80. The van der Waals surface area contributed by atoms with Crippen LogP contribution < -0.4 is 15.0 Å². The summed E-state index contributed by atoms with van der Waals surface area (Å²) in [6.45, 7) is 2.86. The number of ether oxygens (including phenoxy) is 1. The molecule has 1 aliphatic heterocycles. The van der Waals surface area contributed by atoms with E-state index in [2.05, 4.69) is 10.2 Å². The van der Waals surface area contributed by atoms with Gasteiger partial charge in [0, 0.05) is 43.5 Å². The fourth-order valence-electron chi connectivity index (χ4n) is 3.26. The Hall–Kier alpha value is -3.61. The largest absolute Gasteiger partial charge is 0.497 e. The number of nitrogens with zero attached hydrogens (tertiary/aromatic N) is 4. The number of aromatic nitrogens is 2. The van der Waals surface area contributed by atoms with Crippen molar-refractivity contribution in [3.8, 4) is 17.1 Å². The highest BCUT2D eigenvalue weighted by molar-refractivity contribution is 5.66. The third kappa shape index (κ3) is 4.45. The lowest BCUT2D eigenvalue weighted by Gasteiger charge is -2.33. The predicted molar refractivity (Wildman–Crippen MR) is 114 cm³/mol. The van der Waals surface area contributed by atoms with Crippen LogP contribution in [-0.2, 0) is 4.79 Å². The molecule has 148 valence electrons. The minimum atomic E-state index is 0.664. The van der Waals surface area contributed by atoms with E-state index in [1.807, 2.05) is 60.7 Å². The van der Waals surface area contributed by atoms with E-state index in [1.54, 1.807) is 12.0 Å². The van der Waals surface area contributed by atoms with Crippen molar-refractivity contribution in [2.75, 3.05) is 43.5 Å². The van der Waals surface area contributed by atoms with Gasteiger partial charge in [-0.15, -0.1) is 0 Å². The molecule has 0 saturated carbocycles. The molecule has 0 radical (unpaired) electrons. The van der Waals surface area contributed by atoms with Crippen molar-refractivity contribution < 1.29 is 9.53 Å². The van der Waals surface area contributed by atoms with Gasteiger partial charge in [0.2, 0.25) is 6.41 Å². The molecule has 2 aromatic carbocycles. The molecule has 0 aliphatic carbocycles. The Bertz CT molecular complexity index is 955. The van der Waals surface area contributed by atoms with Crippen LogP contribution in [-0.4, -0.2) is 54.6 Å². The maximum Gasteiger partial charge on any atom is 0.209 e. The number of carbonyl (C=O) groups is 1. The van der Waals surface area contributed by atoms with E-state index in [4.69, 9.17) is 14.7 Å². The fraction of sp³-hybridized carbons (Fsp3) is 0.227. The third-order valence-electron chi connectivity index (χ3n) is 4.89. The van der Waals surface area contributed by atoms with Crippen LogP contribution in [0.2, 0.25) is 0 Å². The number of hydrogen-bond donors (Lipinski definition) is 1. The number of methoxy groups -OCH3 is 1. The van der Waals surface area contributed by atoms with Crippen molar-refractivity contribution >= 4 is 23.7 Å². The molecule has 3 aromatic rings. The molecule has 7 nitrogen and oxygen atoms in total. The van der Waals surface area contributed by atoms with E-state index in [0.717, 1.165) is 48.1 Å². The molecule has 1 saturated heterocycles. The zero-order valence-corrected chi connectivity index (χ0v) is 16.3. The molecule has 2 heterocycles. The number of carbonyl (C=O) groups excluding carboxylic acids is 1. The monoisotopic (exact) mass is 389 g/mol. The van der Waals surface area contributed by atoms with Gasteiger partial charge < -0.3 is 19.9 Å². The van der Waals surface area contributed by atoms with Gasteiger partial charge in [0.25, 0.3) is 0 Å². The summed E-state index contributed by atoms with van der Waals surface area (Å²) >= 11 is 0. The van der Waals surface area contributed by atoms with Crippen LogP contribution in [0.15, 0.2) is 60.7 Å². The Morgan fingerprint density at radius 3 is 2.34 bits per heavy atom. The Balaban J connectivity index is 1.65. The molecule has 7 heteroatoms. The fourth-order valence-corrected chi connectivity index (χ4v) is 3.26. The maximum absolute atomic E-state index is 11.0. The number of rotatable bonds is 6. The Kier molecular flexibility index (Phi) is 5.56. The second-order valence-electron chi connectivity index (χ2n) is 6.78. The summed E-state index contributed by atoms with van der Waals surface area (Å²) in [5.74, 6) is 3.03. The summed E-state index contributed by atoms with van der Waals surface area (Å²) in [6.07, 6.45) is 0.906. The lowest BCUT2D eigenvalue weighted by atomic mass is 10.2. The summed E-state index contributed by atoms with van der Waals surface area (Å²) in [6, 6.07) is 19.6. The van der Waals surface area contributed by atoms with Crippen molar-refractivity contribution in [3.05, 3.63) is 60.7 Å². The molecule has 0 atom stereocenters. The maximum atomic E-state index is 11.0. The Morgan fingerprint density at radius 2 is 1.69 bits per heavy atom. The van der Waals surface area contributed by atoms with Crippen molar-refractivity contribution in [2.45, 2.75) is 0 Å². The van der Waals surface area contributed by atoms with Crippen LogP contribution in [0, 0.1) is 0 Å². The van der Waals surface area contributed by atoms with Crippen molar-refractivity contribution in [1.82, 2.24) is 14.9 Å². The van der Waals surface area contributed by atoms with Gasteiger partial charge >= 0.3 is 0 Å². The number of hydrogen-bond acceptors (Lipinski definition) is 6. The summed E-state index contributed by atoms with van der Waals surface area (Å²) < 4.78 is 5.22. The van der Waals surface area contributed by atoms with Crippen molar-refractivity contribution in [3.63, 3.8) is 0 Å². The molecule has 0 unspecified atom stereocenters. The SMILES string of the molecule is COc1ccc(Nc2cc(N3CCN(C=O)CC3)nc(-c3ccccc3)n2)cc1. The van der Waals surface area contributed by atoms with E-state index in [1.165, 1.54) is 0 Å². The molecule has 29 heavy (non-hydrogen) atoms. The predicted octanol–water partition coefficient (Wildman–Crippen LogP) is 3.17. The van der Waals surface area contributed by atoms with Gasteiger partial charge in [-0.1, -0.05) is 30.3 Å². The summed E-state index contributed by atoms with van der Waals surface area (Å²) in [4.78, 5) is 24.5. The summed E-state index contributed by atoms with van der Waals surface area (Å²) in [5.41, 5.74) is 1.87.